The Bertz CT molecular complexity index is 1060. The predicted molar refractivity (Wildman–Crippen MR) is 143 cm³/mol. The topological polar surface area (TPSA) is 49.8 Å². The van der Waals surface area contributed by atoms with Crippen LogP contribution < -0.4 is 0 Å². The maximum absolute atomic E-state index is 13.5. The molecule has 0 saturated heterocycles. The number of esters is 1. The van der Waals surface area contributed by atoms with E-state index in [4.69, 9.17) is 4.74 Å². The Kier molecular flexibility index (Phi) is 7.44. The molecule has 4 unspecified atom stereocenters. The van der Waals surface area contributed by atoms with E-state index in [2.05, 4.69) is 43.1 Å². The van der Waals surface area contributed by atoms with E-state index < -0.39 is 11.6 Å². The fourth-order valence-corrected chi connectivity index (χ4v) is 7.75. The Morgan fingerprint density at radius 2 is 1.74 bits per heavy atom. The third-order valence-electron chi connectivity index (χ3n) is 8.00. The Morgan fingerprint density at radius 3 is 2.37 bits per heavy atom. The van der Waals surface area contributed by atoms with E-state index in [1.54, 1.807) is 0 Å². The number of benzene rings is 1. The predicted octanol–water partition coefficient (Wildman–Crippen LogP) is 6.02. The van der Waals surface area contributed by atoms with E-state index in [0.717, 1.165) is 32.2 Å². The minimum Gasteiger partial charge on any atom is -0.459 e. The summed E-state index contributed by atoms with van der Waals surface area (Å²) in [5.41, 5.74) is 1.00. The van der Waals surface area contributed by atoms with Crippen molar-refractivity contribution in [1.29, 1.82) is 0 Å². The monoisotopic (exact) mass is 509 g/mol. The van der Waals surface area contributed by atoms with Crippen LogP contribution in [-0.4, -0.2) is 41.7 Å². The van der Waals surface area contributed by atoms with Gasteiger partial charge in [-0.15, -0.1) is 22.7 Å². The van der Waals surface area contributed by atoms with Gasteiger partial charge in [0, 0.05) is 12.0 Å². The van der Waals surface area contributed by atoms with E-state index in [-0.39, 0.29) is 6.10 Å². The molecule has 2 aliphatic rings. The fraction of sp³-hybridized carbons (Fsp3) is 0.483. The number of nitrogens with zero attached hydrogens (tertiary/aromatic N) is 1. The highest BCUT2D eigenvalue weighted by molar-refractivity contribution is 7.12. The minimum atomic E-state index is -1.72. The molecule has 4 atom stereocenters. The van der Waals surface area contributed by atoms with Gasteiger partial charge in [-0.3, -0.25) is 0 Å². The van der Waals surface area contributed by atoms with Crippen molar-refractivity contribution in [2.45, 2.75) is 63.2 Å². The molecule has 0 amide bonds. The number of hydrogen-bond donors (Lipinski definition) is 1. The smallest absolute Gasteiger partial charge is 0.349 e. The molecule has 1 N–H and O–H groups in total. The van der Waals surface area contributed by atoms with Crippen LogP contribution in [0.1, 0.15) is 53.0 Å². The first kappa shape index (κ1) is 24.7. The molecule has 2 aromatic heterocycles. The Morgan fingerprint density at radius 1 is 1.06 bits per heavy atom. The fourth-order valence-electron chi connectivity index (χ4n) is 6.03. The standard InChI is InChI=1S/C29H35NO3S2/c1-20-10-12-21(13-11-20)7-3-4-16-30(2)24-19-22-14-15-23(24)27(22)33-28(31)29(32,25-8-5-17-34-25)26-9-6-18-35-26/h5-6,8-13,17-18,22-24,27,32H,3-4,7,14-16,19H2,1-2H3. The number of aryl methyl sites for hydroxylation is 2. The van der Waals surface area contributed by atoms with Gasteiger partial charge in [0.15, 0.2) is 0 Å². The zero-order chi connectivity index (χ0) is 24.4. The first-order chi connectivity index (χ1) is 17.0. The van der Waals surface area contributed by atoms with Gasteiger partial charge in [0.1, 0.15) is 6.10 Å². The number of fused-ring (bicyclic) bond motifs is 2. The van der Waals surface area contributed by atoms with Gasteiger partial charge in [-0.1, -0.05) is 42.0 Å². The van der Waals surface area contributed by atoms with Crippen LogP contribution in [0.5, 0.6) is 0 Å². The van der Waals surface area contributed by atoms with Crippen LogP contribution in [0, 0.1) is 18.8 Å². The second-order valence-electron chi connectivity index (χ2n) is 10.3. The Hall–Kier alpha value is -1.99. The van der Waals surface area contributed by atoms with Gasteiger partial charge in [-0.2, -0.15) is 0 Å². The number of carbonyl (C=O) groups is 1. The van der Waals surface area contributed by atoms with Gasteiger partial charge in [0.05, 0.1) is 9.75 Å². The number of ether oxygens (including phenoxy) is 1. The highest BCUT2D eigenvalue weighted by atomic mass is 32.1. The van der Waals surface area contributed by atoms with Gasteiger partial charge in [0.25, 0.3) is 0 Å². The van der Waals surface area contributed by atoms with E-state index in [9.17, 15) is 9.90 Å². The summed E-state index contributed by atoms with van der Waals surface area (Å²) in [7, 11) is 2.23. The maximum Gasteiger partial charge on any atom is 0.349 e. The summed E-state index contributed by atoms with van der Waals surface area (Å²) in [6.07, 6.45) is 6.64. The van der Waals surface area contributed by atoms with Gasteiger partial charge in [0.2, 0.25) is 5.60 Å². The van der Waals surface area contributed by atoms with Gasteiger partial charge in [-0.05, 0) is 93.4 Å². The molecule has 3 aromatic rings. The molecule has 6 heteroatoms. The van der Waals surface area contributed by atoms with E-state index in [1.165, 1.54) is 46.6 Å². The molecule has 2 fully saturated rings. The van der Waals surface area contributed by atoms with E-state index in [1.807, 2.05) is 35.0 Å². The number of thiophene rings is 2. The highest BCUT2D eigenvalue weighted by Gasteiger charge is 2.54. The summed E-state index contributed by atoms with van der Waals surface area (Å²) >= 11 is 2.79. The molecule has 0 radical (unpaired) electrons. The van der Waals surface area contributed by atoms with Crippen molar-refractivity contribution in [2.75, 3.05) is 13.6 Å². The van der Waals surface area contributed by atoms with Crippen molar-refractivity contribution in [2.24, 2.45) is 11.8 Å². The van der Waals surface area contributed by atoms with Crippen LogP contribution in [0.15, 0.2) is 59.3 Å². The van der Waals surface area contributed by atoms with Crippen molar-refractivity contribution in [3.05, 3.63) is 80.2 Å². The van der Waals surface area contributed by atoms with Crippen LogP contribution in [-0.2, 0) is 21.6 Å². The second kappa shape index (κ2) is 10.6. The molecule has 0 spiro atoms. The number of hydrogen-bond acceptors (Lipinski definition) is 6. The first-order valence-electron chi connectivity index (χ1n) is 12.7. The largest absolute Gasteiger partial charge is 0.459 e. The van der Waals surface area contributed by atoms with Crippen LogP contribution in [0.25, 0.3) is 0 Å². The molecular weight excluding hydrogens is 474 g/mol. The average Bonchev–Trinajstić information content (AvgIpc) is 3.68. The lowest BCUT2D eigenvalue weighted by molar-refractivity contribution is -0.170. The van der Waals surface area contributed by atoms with Crippen molar-refractivity contribution in [1.82, 2.24) is 4.90 Å². The lowest BCUT2D eigenvalue weighted by Gasteiger charge is -2.32. The lowest BCUT2D eigenvalue weighted by atomic mass is 9.94. The van der Waals surface area contributed by atoms with Gasteiger partial charge >= 0.3 is 5.97 Å². The second-order valence-corrected chi connectivity index (χ2v) is 12.2. The van der Waals surface area contributed by atoms with Crippen LogP contribution in [0.4, 0.5) is 0 Å². The summed E-state index contributed by atoms with van der Waals surface area (Å²) in [6.45, 7) is 3.19. The molecule has 186 valence electrons. The quantitative estimate of drug-likeness (QED) is 0.268. The third-order valence-corrected chi connectivity index (χ3v) is 9.96. The molecular formula is C29H35NO3S2. The van der Waals surface area contributed by atoms with Crippen LogP contribution >= 0.6 is 22.7 Å². The molecule has 5 rings (SSSR count). The normalized spacial score (nSPS) is 23.8. The Balaban J connectivity index is 1.19. The third kappa shape index (κ3) is 4.99. The maximum atomic E-state index is 13.5. The van der Waals surface area contributed by atoms with Crippen molar-refractivity contribution in [3.63, 3.8) is 0 Å². The number of rotatable bonds is 10. The van der Waals surface area contributed by atoms with Gasteiger partial charge in [-0.25, -0.2) is 4.79 Å². The molecule has 0 aliphatic heterocycles. The van der Waals surface area contributed by atoms with Crippen LogP contribution in [0.2, 0.25) is 0 Å². The molecule has 2 aliphatic carbocycles. The summed E-state index contributed by atoms with van der Waals surface area (Å²) in [5, 5.41) is 15.4. The van der Waals surface area contributed by atoms with E-state index in [0.29, 0.717) is 27.6 Å². The molecule has 35 heavy (non-hydrogen) atoms. The van der Waals surface area contributed by atoms with Gasteiger partial charge < -0.3 is 14.7 Å². The number of unbranched alkanes of at least 4 members (excludes halogenated alkanes) is 1. The lowest BCUT2D eigenvalue weighted by Crippen LogP contribution is -2.42. The number of aliphatic hydroxyl groups is 1. The number of carbonyl (C=O) groups excluding carboxylic acids is 1. The molecule has 2 heterocycles. The van der Waals surface area contributed by atoms with Crippen LogP contribution in [0.3, 0.4) is 0 Å². The molecule has 1 aromatic carbocycles. The summed E-state index contributed by atoms with van der Waals surface area (Å²) in [4.78, 5) is 17.2. The summed E-state index contributed by atoms with van der Waals surface area (Å²) < 4.78 is 6.18. The highest BCUT2D eigenvalue weighted by Crippen LogP contribution is 2.49. The SMILES string of the molecule is Cc1ccc(CCCCN(C)C2CC3CCC2C3OC(=O)C(O)(c2cccs2)c2cccs2)cc1. The zero-order valence-corrected chi connectivity index (χ0v) is 22.2. The van der Waals surface area contributed by atoms with E-state index >= 15 is 0 Å². The molecule has 2 bridgehead atoms. The minimum absolute atomic E-state index is 0.103. The molecule has 4 nitrogen and oxygen atoms in total. The molecule has 2 saturated carbocycles. The summed E-state index contributed by atoms with van der Waals surface area (Å²) in [5.74, 6) is 0.215. The Labute approximate surface area is 216 Å². The zero-order valence-electron chi connectivity index (χ0n) is 20.6. The van der Waals surface area contributed by atoms with Crippen molar-refractivity contribution < 1.29 is 14.6 Å². The summed E-state index contributed by atoms with van der Waals surface area (Å²) in [6, 6.07) is 16.7. The van der Waals surface area contributed by atoms with Crippen molar-refractivity contribution in [3.8, 4) is 0 Å². The average molecular weight is 510 g/mol. The van der Waals surface area contributed by atoms with Crippen molar-refractivity contribution >= 4 is 28.6 Å². The first-order valence-corrected chi connectivity index (χ1v) is 14.5.